The Hall–Kier alpha value is -0.900. The first-order chi connectivity index (χ1) is 9.98. The molecule has 21 heavy (non-hydrogen) atoms. The topological polar surface area (TPSA) is 30.5 Å². The average molecular weight is 293 g/mol. The lowest BCUT2D eigenvalue weighted by Crippen LogP contribution is -2.28. The minimum Gasteiger partial charge on any atom is -0.379 e. The molecular weight excluding hydrogens is 262 g/mol. The van der Waals surface area contributed by atoms with Gasteiger partial charge in [-0.15, -0.1) is 0 Å². The molecule has 3 nitrogen and oxygen atoms in total. The van der Waals surface area contributed by atoms with Gasteiger partial charge in [0.1, 0.15) is 0 Å². The first-order valence-corrected chi connectivity index (χ1v) is 7.92. The van der Waals surface area contributed by atoms with E-state index in [9.17, 15) is 0 Å². The van der Waals surface area contributed by atoms with Gasteiger partial charge >= 0.3 is 0 Å². The lowest BCUT2D eigenvalue weighted by atomic mass is 10.1. The van der Waals surface area contributed by atoms with E-state index in [1.807, 2.05) is 0 Å². The summed E-state index contributed by atoms with van der Waals surface area (Å²) in [4.78, 5) is 0. The van der Waals surface area contributed by atoms with Crippen LogP contribution in [0, 0.1) is 6.92 Å². The molecule has 0 spiro atoms. The van der Waals surface area contributed by atoms with Crippen molar-refractivity contribution in [3.05, 3.63) is 35.4 Å². The fraction of sp³-hybridized carbons (Fsp3) is 0.667. The second-order valence-electron chi connectivity index (χ2n) is 6.19. The van der Waals surface area contributed by atoms with Crippen molar-refractivity contribution in [2.45, 2.75) is 52.2 Å². The third kappa shape index (κ3) is 7.07. The summed E-state index contributed by atoms with van der Waals surface area (Å²) >= 11 is 0. The molecule has 3 heteroatoms. The normalized spacial score (nSPS) is 13.4. The van der Waals surface area contributed by atoms with Gasteiger partial charge in [-0.25, -0.2) is 0 Å². The summed E-state index contributed by atoms with van der Waals surface area (Å²) in [5.41, 5.74) is 2.38. The zero-order chi connectivity index (χ0) is 15.7. The predicted octanol–water partition coefficient (Wildman–Crippen LogP) is 3.87. The van der Waals surface area contributed by atoms with Crippen molar-refractivity contribution in [2.75, 3.05) is 26.8 Å². The van der Waals surface area contributed by atoms with E-state index in [1.165, 1.54) is 11.1 Å². The molecule has 0 radical (unpaired) electrons. The molecule has 0 fully saturated rings. The molecule has 1 aromatic rings. The zero-order valence-corrected chi connectivity index (χ0v) is 14.2. The van der Waals surface area contributed by atoms with Crippen LogP contribution in [-0.4, -0.2) is 32.4 Å². The molecule has 1 unspecified atom stereocenters. The van der Waals surface area contributed by atoms with Crippen LogP contribution >= 0.6 is 0 Å². The summed E-state index contributed by atoms with van der Waals surface area (Å²) in [5, 5.41) is 3.45. The molecule has 1 atom stereocenters. The van der Waals surface area contributed by atoms with Gasteiger partial charge in [-0.2, -0.15) is 0 Å². The van der Waals surface area contributed by atoms with E-state index in [1.54, 1.807) is 7.11 Å². The molecule has 0 bridgehead atoms. The molecule has 1 N–H and O–H groups in total. The molecule has 1 aromatic carbocycles. The van der Waals surface area contributed by atoms with Crippen LogP contribution in [0.4, 0.5) is 0 Å². The molecule has 0 aliphatic heterocycles. The van der Waals surface area contributed by atoms with E-state index < -0.39 is 0 Å². The Kier molecular flexibility index (Phi) is 7.94. The summed E-state index contributed by atoms with van der Waals surface area (Å²) in [7, 11) is 1.75. The van der Waals surface area contributed by atoms with E-state index in [2.05, 4.69) is 57.3 Å². The van der Waals surface area contributed by atoms with Gasteiger partial charge in [0.25, 0.3) is 0 Å². The molecule has 1 rings (SSSR count). The van der Waals surface area contributed by atoms with Gasteiger partial charge in [0, 0.05) is 13.7 Å². The van der Waals surface area contributed by atoms with Crippen molar-refractivity contribution in [1.82, 2.24) is 5.32 Å². The van der Waals surface area contributed by atoms with Crippen LogP contribution in [0.1, 0.15) is 50.8 Å². The van der Waals surface area contributed by atoms with Gasteiger partial charge in [0.05, 0.1) is 18.3 Å². The van der Waals surface area contributed by atoms with Crippen molar-refractivity contribution in [3.8, 4) is 0 Å². The number of nitrogens with one attached hydrogen (secondary N) is 1. The predicted molar refractivity (Wildman–Crippen MR) is 88.7 cm³/mol. The lowest BCUT2D eigenvalue weighted by molar-refractivity contribution is -0.0271. The van der Waals surface area contributed by atoms with Crippen molar-refractivity contribution in [3.63, 3.8) is 0 Å². The van der Waals surface area contributed by atoms with Crippen molar-refractivity contribution >= 4 is 0 Å². The number of benzene rings is 1. The lowest BCUT2D eigenvalue weighted by Gasteiger charge is -2.25. The number of methoxy groups -OCH3 is 1. The molecule has 0 amide bonds. The fourth-order valence-corrected chi connectivity index (χ4v) is 2.01. The van der Waals surface area contributed by atoms with E-state index in [0.29, 0.717) is 6.61 Å². The van der Waals surface area contributed by atoms with E-state index in [-0.39, 0.29) is 11.7 Å². The van der Waals surface area contributed by atoms with Crippen molar-refractivity contribution in [1.29, 1.82) is 0 Å². The third-order valence-electron chi connectivity index (χ3n) is 3.78. The highest BCUT2D eigenvalue weighted by Crippen LogP contribution is 2.20. The third-order valence-corrected chi connectivity index (χ3v) is 3.78. The van der Waals surface area contributed by atoms with E-state index in [0.717, 1.165) is 25.9 Å². The van der Waals surface area contributed by atoms with Gasteiger partial charge in [0.15, 0.2) is 0 Å². The Morgan fingerprint density at radius 1 is 1.19 bits per heavy atom. The van der Waals surface area contributed by atoms with Gasteiger partial charge in [0.2, 0.25) is 0 Å². The molecule has 0 aromatic heterocycles. The van der Waals surface area contributed by atoms with Gasteiger partial charge in [-0.3, -0.25) is 0 Å². The maximum atomic E-state index is 6.11. The molecule has 0 saturated heterocycles. The minimum absolute atomic E-state index is 0.102. The molecule has 0 saturated carbocycles. The fourth-order valence-electron chi connectivity index (χ4n) is 2.01. The Labute approximate surface area is 130 Å². The van der Waals surface area contributed by atoms with Gasteiger partial charge < -0.3 is 14.8 Å². The van der Waals surface area contributed by atoms with E-state index >= 15 is 0 Å². The molecule has 0 aliphatic rings. The SMILES string of the molecule is CCCNCC(OCCC(C)(C)OC)c1ccc(C)cc1. The van der Waals surface area contributed by atoms with E-state index in [4.69, 9.17) is 9.47 Å². The van der Waals surface area contributed by atoms with Crippen LogP contribution in [0.5, 0.6) is 0 Å². The van der Waals surface area contributed by atoms with Crippen LogP contribution in [0.15, 0.2) is 24.3 Å². The van der Waals surface area contributed by atoms with Gasteiger partial charge in [-0.05, 0) is 45.7 Å². The standard InChI is InChI=1S/C18H31NO2/c1-6-12-19-14-17(16-9-7-15(2)8-10-16)21-13-11-18(3,4)20-5/h7-10,17,19H,6,11-14H2,1-5H3. The second-order valence-corrected chi connectivity index (χ2v) is 6.19. The maximum absolute atomic E-state index is 6.11. The average Bonchev–Trinajstić information content (AvgIpc) is 2.47. The first kappa shape index (κ1) is 18.1. The highest BCUT2D eigenvalue weighted by Gasteiger charge is 2.18. The van der Waals surface area contributed by atoms with Crippen LogP contribution < -0.4 is 5.32 Å². The molecular formula is C18H31NO2. The Morgan fingerprint density at radius 2 is 1.86 bits per heavy atom. The number of rotatable bonds is 10. The number of ether oxygens (including phenoxy) is 2. The summed E-state index contributed by atoms with van der Waals surface area (Å²) in [5.74, 6) is 0. The van der Waals surface area contributed by atoms with Crippen LogP contribution in [0.2, 0.25) is 0 Å². The van der Waals surface area contributed by atoms with Crippen LogP contribution in [-0.2, 0) is 9.47 Å². The molecule has 0 aliphatic carbocycles. The Bertz CT molecular complexity index is 387. The number of hydrogen-bond acceptors (Lipinski definition) is 3. The van der Waals surface area contributed by atoms with Crippen LogP contribution in [0.25, 0.3) is 0 Å². The number of aryl methyl sites for hydroxylation is 1. The Morgan fingerprint density at radius 3 is 2.43 bits per heavy atom. The molecule has 120 valence electrons. The largest absolute Gasteiger partial charge is 0.379 e. The van der Waals surface area contributed by atoms with Crippen molar-refractivity contribution < 1.29 is 9.47 Å². The first-order valence-electron chi connectivity index (χ1n) is 7.92. The van der Waals surface area contributed by atoms with Crippen molar-refractivity contribution in [2.24, 2.45) is 0 Å². The zero-order valence-electron chi connectivity index (χ0n) is 14.2. The summed E-state index contributed by atoms with van der Waals surface area (Å²) in [6.07, 6.45) is 2.13. The monoisotopic (exact) mass is 293 g/mol. The molecule has 0 heterocycles. The second kappa shape index (κ2) is 9.19. The van der Waals surface area contributed by atoms with Crippen LogP contribution in [0.3, 0.4) is 0 Å². The smallest absolute Gasteiger partial charge is 0.0949 e. The minimum atomic E-state index is -0.130. The maximum Gasteiger partial charge on any atom is 0.0949 e. The quantitative estimate of drug-likeness (QED) is 0.664. The highest BCUT2D eigenvalue weighted by molar-refractivity contribution is 5.23. The highest BCUT2D eigenvalue weighted by atomic mass is 16.5. The number of hydrogen-bond donors (Lipinski definition) is 1. The Balaban J connectivity index is 2.58. The summed E-state index contributed by atoms with van der Waals surface area (Å²) in [6, 6.07) is 8.61. The summed E-state index contributed by atoms with van der Waals surface area (Å²) in [6.45, 7) is 11.0. The van der Waals surface area contributed by atoms with Gasteiger partial charge in [-0.1, -0.05) is 36.8 Å². The summed E-state index contributed by atoms with van der Waals surface area (Å²) < 4.78 is 11.6.